The highest BCUT2D eigenvalue weighted by Gasteiger charge is 2.23. The summed E-state index contributed by atoms with van der Waals surface area (Å²) in [5.41, 5.74) is 3.13. The molecular weight excluding hydrogens is 374 g/mol. The summed E-state index contributed by atoms with van der Waals surface area (Å²) in [6.07, 6.45) is 4.21. The van der Waals surface area contributed by atoms with Crippen LogP contribution in [-0.4, -0.2) is 26.0 Å². The average Bonchev–Trinajstić information content (AvgIpc) is 3.01. The Balaban J connectivity index is 1.63. The minimum Gasteiger partial charge on any atom is -0.478 e. The molecule has 0 bridgehead atoms. The van der Waals surface area contributed by atoms with Gasteiger partial charge in [0.15, 0.2) is 0 Å². The van der Waals surface area contributed by atoms with Crippen molar-refractivity contribution in [3.05, 3.63) is 70.3 Å². The Morgan fingerprint density at radius 2 is 1.85 bits per heavy atom. The molecule has 2 aromatic rings. The van der Waals surface area contributed by atoms with E-state index in [4.69, 9.17) is 16.7 Å². The first-order valence-electron chi connectivity index (χ1n) is 8.11. The molecule has 136 valence electrons. The molecule has 0 spiro atoms. The van der Waals surface area contributed by atoms with Crippen molar-refractivity contribution in [1.82, 2.24) is 4.72 Å². The number of aliphatic carboxylic acids is 1. The number of rotatable bonds is 6. The van der Waals surface area contributed by atoms with Crippen LogP contribution in [0.2, 0.25) is 5.02 Å². The van der Waals surface area contributed by atoms with E-state index in [-0.39, 0.29) is 10.8 Å². The molecule has 1 aliphatic rings. The third-order valence-electron chi connectivity index (χ3n) is 4.35. The molecule has 1 unspecified atom stereocenters. The number of halogens is 1. The van der Waals surface area contributed by atoms with E-state index in [1.165, 1.54) is 17.7 Å². The van der Waals surface area contributed by atoms with Gasteiger partial charge in [-0.2, -0.15) is 0 Å². The van der Waals surface area contributed by atoms with Crippen LogP contribution < -0.4 is 4.72 Å². The van der Waals surface area contributed by atoms with Crippen molar-refractivity contribution >= 4 is 33.7 Å². The maximum absolute atomic E-state index is 12.4. The third-order valence-corrected chi connectivity index (χ3v) is 6.04. The van der Waals surface area contributed by atoms with Gasteiger partial charge < -0.3 is 5.11 Å². The van der Waals surface area contributed by atoms with Crippen LogP contribution in [0.5, 0.6) is 0 Å². The van der Waals surface area contributed by atoms with E-state index in [0.29, 0.717) is 11.6 Å². The first kappa shape index (κ1) is 18.6. The predicted octanol–water partition coefficient (Wildman–Crippen LogP) is 3.13. The van der Waals surface area contributed by atoms with Crippen LogP contribution in [0, 0.1) is 5.92 Å². The monoisotopic (exact) mass is 391 g/mol. The largest absolute Gasteiger partial charge is 0.478 e. The van der Waals surface area contributed by atoms with Crippen LogP contribution in [0.15, 0.2) is 53.4 Å². The second kappa shape index (κ2) is 7.61. The second-order valence-corrected chi connectivity index (χ2v) is 8.48. The molecule has 3 rings (SSSR count). The molecule has 26 heavy (non-hydrogen) atoms. The lowest BCUT2D eigenvalue weighted by molar-refractivity contribution is -0.131. The molecular formula is C19H18ClNO4S. The smallest absolute Gasteiger partial charge is 0.328 e. The number of carbonyl (C=O) groups is 1. The van der Waals surface area contributed by atoms with Gasteiger partial charge in [0.05, 0.1) is 4.90 Å². The molecule has 0 radical (unpaired) electrons. The summed E-state index contributed by atoms with van der Waals surface area (Å²) in [6, 6.07) is 11.9. The molecule has 2 N–H and O–H groups in total. The van der Waals surface area contributed by atoms with E-state index in [1.54, 1.807) is 18.2 Å². The molecule has 0 amide bonds. The van der Waals surface area contributed by atoms with E-state index in [9.17, 15) is 13.2 Å². The molecule has 0 saturated heterocycles. The number of carboxylic acid groups (broad SMARTS) is 1. The Bertz CT molecular complexity index is 952. The fourth-order valence-electron chi connectivity index (χ4n) is 3.07. The van der Waals surface area contributed by atoms with Gasteiger partial charge in [0.1, 0.15) is 0 Å². The molecule has 2 aromatic carbocycles. The number of nitrogens with one attached hydrogen (secondary N) is 1. The van der Waals surface area contributed by atoms with Gasteiger partial charge in [0.25, 0.3) is 0 Å². The Morgan fingerprint density at radius 1 is 1.15 bits per heavy atom. The third kappa shape index (κ3) is 4.52. The molecule has 0 fully saturated rings. The Labute approximate surface area is 157 Å². The van der Waals surface area contributed by atoms with Crippen molar-refractivity contribution in [2.75, 3.05) is 6.54 Å². The summed E-state index contributed by atoms with van der Waals surface area (Å²) in [7, 11) is -3.56. The van der Waals surface area contributed by atoms with Gasteiger partial charge in [-0.3, -0.25) is 0 Å². The van der Waals surface area contributed by atoms with Gasteiger partial charge in [-0.05, 0) is 65.8 Å². The maximum atomic E-state index is 12.4. The summed E-state index contributed by atoms with van der Waals surface area (Å²) >= 11 is 5.79. The highest BCUT2D eigenvalue weighted by molar-refractivity contribution is 7.89. The van der Waals surface area contributed by atoms with E-state index in [0.717, 1.165) is 30.0 Å². The first-order valence-corrected chi connectivity index (χ1v) is 9.97. The number of sulfonamides is 1. The van der Waals surface area contributed by atoms with Crippen LogP contribution in [0.1, 0.15) is 16.7 Å². The van der Waals surface area contributed by atoms with Crippen LogP contribution in [0.4, 0.5) is 0 Å². The number of fused-ring (bicyclic) bond motifs is 1. The molecule has 0 aliphatic heterocycles. The summed E-state index contributed by atoms with van der Waals surface area (Å²) in [5.74, 6) is -0.814. The predicted molar refractivity (Wildman–Crippen MR) is 101 cm³/mol. The molecule has 0 aromatic heterocycles. The van der Waals surface area contributed by atoms with E-state index in [2.05, 4.69) is 4.72 Å². The lowest BCUT2D eigenvalue weighted by Crippen LogP contribution is -2.29. The van der Waals surface area contributed by atoms with Gasteiger partial charge in [-0.15, -0.1) is 0 Å². The van der Waals surface area contributed by atoms with Crippen LogP contribution in [0.25, 0.3) is 6.08 Å². The quantitative estimate of drug-likeness (QED) is 0.741. The van der Waals surface area contributed by atoms with Gasteiger partial charge in [-0.1, -0.05) is 29.8 Å². The molecule has 1 aliphatic carbocycles. The molecule has 7 heteroatoms. The lowest BCUT2D eigenvalue weighted by atomic mass is 10.1. The summed E-state index contributed by atoms with van der Waals surface area (Å²) in [4.78, 5) is 10.8. The fraction of sp³-hybridized carbons (Fsp3) is 0.211. The Morgan fingerprint density at radius 3 is 2.54 bits per heavy atom. The zero-order valence-electron chi connectivity index (χ0n) is 13.9. The summed E-state index contributed by atoms with van der Waals surface area (Å²) in [6.45, 7) is 0.347. The standard InChI is InChI=1S/C19H18ClNO4S/c20-17-4-6-18(7-5-17)26(24,25)21-12-14-10-15-3-1-13(2-8-19(22)23)9-16(15)11-14/h1-9,14,21H,10-12H2,(H,22,23)/b8-2+. The number of hydrogen-bond donors (Lipinski definition) is 2. The SMILES string of the molecule is O=C(O)/C=C/c1ccc2c(c1)CC(CNS(=O)(=O)c1ccc(Cl)cc1)C2. The topological polar surface area (TPSA) is 83.5 Å². The Hall–Kier alpha value is -2.15. The maximum Gasteiger partial charge on any atom is 0.328 e. The zero-order valence-corrected chi connectivity index (χ0v) is 15.4. The van der Waals surface area contributed by atoms with Gasteiger partial charge >= 0.3 is 5.97 Å². The van der Waals surface area contributed by atoms with Crippen LogP contribution in [0.3, 0.4) is 0 Å². The van der Waals surface area contributed by atoms with Gasteiger partial charge in [0.2, 0.25) is 10.0 Å². The highest BCUT2D eigenvalue weighted by Crippen LogP contribution is 2.28. The Kier molecular flexibility index (Phi) is 5.46. The molecule has 5 nitrogen and oxygen atoms in total. The van der Waals surface area contributed by atoms with Crippen LogP contribution >= 0.6 is 11.6 Å². The minimum atomic E-state index is -3.56. The van der Waals surface area contributed by atoms with E-state index < -0.39 is 16.0 Å². The van der Waals surface area contributed by atoms with Crippen molar-refractivity contribution in [2.24, 2.45) is 5.92 Å². The van der Waals surface area contributed by atoms with E-state index in [1.807, 2.05) is 18.2 Å². The van der Waals surface area contributed by atoms with Gasteiger partial charge in [0, 0.05) is 17.6 Å². The number of hydrogen-bond acceptors (Lipinski definition) is 3. The van der Waals surface area contributed by atoms with E-state index >= 15 is 0 Å². The summed E-state index contributed by atoms with van der Waals surface area (Å²) in [5, 5.41) is 9.20. The van der Waals surface area contributed by atoms with Crippen molar-refractivity contribution in [2.45, 2.75) is 17.7 Å². The average molecular weight is 392 g/mol. The highest BCUT2D eigenvalue weighted by atomic mass is 35.5. The summed E-state index contributed by atoms with van der Waals surface area (Å²) < 4.78 is 27.4. The molecule has 0 saturated carbocycles. The molecule has 1 atom stereocenters. The molecule has 0 heterocycles. The van der Waals surface area contributed by atoms with Crippen molar-refractivity contribution in [3.8, 4) is 0 Å². The number of benzene rings is 2. The van der Waals surface area contributed by atoms with Crippen molar-refractivity contribution < 1.29 is 18.3 Å². The zero-order chi connectivity index (χ0) is 18.7. The number of carboxylic acids is 1. The second-order valence-electron chi connectivity index (χ2n) is 6.28. The van der Waals surface area contributed by atoms with Crippen LogP contribution in [-0.2, 0) is 27.7 Å². The van der Waals surface area contributed by atoms with Crippen molar-refractivity contribution in [3.63, 3.8) is 0 Å². The lowest BCUT2D eigenvalue weighted by Gasteiger charge is -2.11. The minimum absolute atomic E-state index is 0.172. The van der Waals surface area contributed by atoms with Gasteiger partial charge in [-0.25, -0.2) is 17.9 Å². The van der Waals surface area contributed by atoms with Crippen molar-refractivity contribution in [1.29, 1.82) is 0 Å². The fourth-order valence-corrected chi connectivity index (χ4v) is 4.31. The first-order chi connectivity index (χ1) is 12.3. The normalized spacial score (nSPS) is 16.7.